The van der Waals surface area contributed by atoms with Gasteiger partial charge in [0.1, 0.15) is 17.5 Å². The smallest absolute Gasteiger partial charge is 0.261 e. The lowest BCUT2D eigenvalue weighted by Crippen LogP contribution is -2.51. The van der Waals surface area contributed by atoms with Crippen molar-refractivity contribution < 1.29 is 19.1 Å². The molecule has 0 radical (unpaired) electrons. The Bertz CT molecular complexity index is 1100. The molecular weight excluding hydrogens is 440 g/mol. The van der Waals surface area contributed by atoms with E-state index in [2.05, 4.69) is 5.32 Å². The monoisotopic (exact) mass is 474 g/mol. The molecule has 3 aromatic carbocycles. The number of ether oxygens (including phenoxy) is 2. The van der Waals surface area contributed by atoms with Crippen LogP contribution in [0.25, 0.3) is 0 Å². The lowest BCUT2D eigenvalue weighted by atomic mass is 10.0. The summed E-state index contributed by atoms with van der Waals surface area (Å²) in [6, 6.07) is 24.2. The van der Waals surface area contributed by atoms with Gasteiger partial charge in [-0.25, -0.2) is 0 Å². The number of aryl methyl sites for hydroxylation is 1. The first kappa shape index (κ1) is 25.8. The standard InChI is InChI=1S/C29H34N2O4/c1-4-17-30-29(33)26(19-23-12-6-5-7-13-23)31(20-24-14-10-15-25(18-24)34-3)28(32)21-35-27-16-9-8-11-22(27)2/h5-16,18,26H,4,17,19-21H2,1-3H3,(H,30,33)/t26-/m1/s1. The Hall–Kier alpha value is -3.80. The molecule has 1 N–H and O–H groups in total. The lowest BCUT2D eigenvalue weighted by molar-refractivity contribution is -0.142. The van der Waals surface area contributed by atoms with E-state index in [9.17, 15) is 9.59 Å². The molecule has 0 aliphatic carbocycles. The first-order valence-electron chi connectivity index (χ1n) is 11.9. The number of nitrogens with zero attached hydrogens (tertiary/aromatic N) is 1. The average Bonchev–Trinajstić information content (AvgIpc) is 2.89. The molecule has 35 heavy (non-hydrogen) atoms. The van der Waals surface area contributed by atoms with Crippen molar-refractivity contribution in [2.24, 2.45) is 0 Å². The highest BCUT2D eigenvalue weighted by Crippen LogP contribution is 2.20. The van der Waals surface area contributed by atoms with E-state index in [0.29, 0.717) is 24.5 Å². The van der Waals surface area contributed by atoms with Crippen molar-refractivity contribution in [1.29, 1.82) is 0 Å². The van der Waals surface area contributed by atoms with Crippen LogP contribution in [0.3, 0.4) is 0 Å². The van der Waals surface area contributed by atoms with E-state index in [0.717, 1.165) is 23.1 Å². The minimum absolute atomic E-state index is 0.166. The fourth-order valence-electron chi connectivity index (χ4n) is 3.83. The average molecular weight is 475 g/mol. The van der Waals surface area contributed by atoms with Crippen LogP contribution in [-0.4, -0.2) is 43.0 Å². The van der Waals surface area contributed by atoms with Crippen molar-refractivity contribution in [2.45, 2.75) is 39.3 Å². The minimum Gasteiger partial charge on any atom is -0.497 e. The third-order valence-corrected chi connectivity index (χ3v) is 5.75. The van der Waals surface area contributed by atoms with Crippen LogP contribution in [0.2, 0.25) is 0 Å². The van der Waals surface area contributed by atoms with E-state index in [1.54, 1.807) is 12.0 Å². The molecule has 2 amide bonds. The fraction of sp³-hybridized carbons (Fsp3) is 0.310. The molecule has 0 aliphatic heterocycles. The number of amides is 2. The SMILES string of the molecule is CCCNC(=O)[C@@H](Cc1ccccc1)N(Cc1cccc(OC)c1)C(=O)COc1ccccc1C. The molecule has 1 atom stereocenters. The Labute approximate surface area is 207 Å². The minimum atomic E-state index is -0.692. The van der Waals surface area contributed by atoms with E-state index in [4.69, 9.17) is 9.47 Å². The summed E-state index contributed by atoms with van der Waals surface area (Å²) in [7, 11) is 1.61. The summed E-state index contributed by atoms with van der Waals surface area (Å²) in [5, 5.41) is 2.98. The summed E-state index contributed by atoms with van der Waals surface area (Å²) in [6.45, 7) is 4.57. The van der Waals surface area contributed by atoms with E-state index >= 15 is 0 Å². The summed E-state index contributed by atoms with van der Waals surface area (Å²) in [5.74, 6) is 0.907. The number of methoxy groups -OCH3 is 1. The third kappa shape index (κ3) is 7.60. The second-order valence-corrected chi connectivity index (χ2v) is 8.42. The fourth-order valence-corrected chi connectivity index (χ4v) is 3.83. The molecular formula is C29H34N2O4. The van der Waals surface area contributed by atoms with Gasteiger partial charge in [-0.3, -0.25) is 9.59 Å². The Balaban J connectivity index is 1.91. The van der Waals surface area contributed by atoms with Crippen molar-refractivity contribution >= 4 is 11.8 Å². The zero-order valence-corrected chi connectivity index (χ0v) is 20.7. The van der Waals surface area contributed by atoms with Crippen LogP contribution in [-0.2, 0) is 22.6 Å². The van der Waals surface area contributed by atoms with Gasteiger partial charge in [0.2, 0.25) is 5.91 Å². The maximum Gasteiger partial charge on any atom is 0.261 e. The van der Waals surface area contributed by atoms with Gasteiger partial charge in [0, 0.05) is 19.5 Å². The van der Waals surface area contributed by atoms with Crippen molar-refractivity contribution in [1.82, 2.24) is 10.2 Å². The highest BCUT2D eigenvalue weighted by molar-refractivity contribution is 5.88. The first-order chi connectivity index (χ1) is 17.0. The van der Waals surface area contributed by atoms with Gasteiger partial charge in [-0.05, 0) is 48.2 Å². The van der Waals surface area contributed by atoms with Crippen LogP contribution in [0.5, 0.6) is 11.5 Å². The molecule has 6 heteroatoms. The Morgan fingerprint density at radius 1 is 0.943 bits per heavy atom. The lowest BCUT2D eigenvalue weighted by Gasteiger charge is -2.31. The highest BCUT2D eigenvalue weighted by atomic mass is 16.5. The zero-order valence-electron chi connectivity index (χ0n) is 20.7. The Morgan fingerprint density at radius 3 is 2.37 bits per heavy atom. The van der Waals surface area contributed by atoms with Crippen LogP contribution < -0.4 is 14.8 Å². The van der Waals surface area contributed by atoms with E-state index in [1.807, 2.05) is 92.7 Å². The van der Waals surface area contributed by atoms with Crippen LogP contribution in [0.1, 0.15) is 30.0 Å². The Morgan fingerprint density at radius 2 is 1.66 bits per heavy atom. The molecule has 0 aromatic heterocycles. The number of hydrogen-bond donors (Lipinski definition) is 1. The van der Waals surface area contributed by atoms with Crippen molar-refractivity contribution in [3.05, 3.63) is 95.6 Å². The van der Waals surface area contributed by atoms with E-state index in [1.165, 1.54) is 0 Å². The summed E-state index contributed by atoms with van der Waals surface area (Å²) >= 11 is 0. The summed E-state index contributed by atoms with van der Waals surface area (Å²) in [6.07, 6.45) is 1.21. The molecule has 0 saturated carbocycles. The molecule has 6 nitrogen and oxygen atoms in total. The molecule has 184 valence electrons. The maximum absolute atomic E-state index is 13.6. The highest BCUT2D eigenvalue weighted by Gasteiger charge is 2.30. The van der Waals surface area contributed by atoms with Gasteiger partial charge in [-0.1, -0.05) is 67.6 Å². The number of hydrogen-bond acceptors (Lipinski definition) is 4. The van der Waals surface area contributed by atoms with Crippen LogP contribution in [0.15, 0.2) is 78.9 Å². The van der Waals surface area contributed by atoms with Crippen LogP contribution in [0, 0.1) is 6.92 Å². The maximum atomic E-state index is 13.6. The number of nitrogens with one attached hydrogen (secondary N) is 1. The number of benzene rings is 3. The largest absolute Gasteiger partial charge is 0.497 e. The number of rotatable bonds is 12. The quantitative estimate of drug-likeness (QED) is 0.418. The zero-order chi connectivity index (χ0) is 25.0. The van der Waals surface area contributed by atoms with Crippen molar-refractivity contribution in [2.75, 3.05) is 20.3 Å². The summed E-state index contributed by atoms with van der Waals surface area (Å²) in [4.78, 5) is 28.5. The van der Waals surface area contributed by atoms with E-state index < -0.39 is 6.04 Å². The van der Waals surface area contributed by atoms with Crippen molar-refractivity contribution in [3.8, 4) is 11.5 Å². The normalized spacial score (nSPS) is 11.4. The first-order valence-corrected chi connectivity index (χ1v) is 11.9. The molecule has 0 unspecified atom stereocenters. The van der Waals surface area contributed by atoms with Crippen LogP contribution in [0.4, 0.5) is 0 Å². The van der Waals surface area contributed by atoms with Gasteiger partial charge in [0.15, 0.2) is 6.61 Å². The van der Waals surface area contributed by atoms with Crippen molar-refractivity contribution in [3.63, 3.8) is 0 Å². The second kappa shape index (κ2) is 13.2. The third-order valence-electron chi connectivity index (χ3n) is 5.75. The molecule has 3 aromatic rings. The molecule has 0 heterocycles. The summed E-state index contributed by atoms with van der Waals surface area (Å²) in [5.41, 5.74) is 2.79. The topological polar surface area (TPSA) is 67.9 Å². The van der Waals surface area contributed by atoms with Gasteiger partial charge < -0.3 is 19.7 Å². The molecule has 0 spiro atoms. The predicted octanol–water partition coefficient (Wildman–Crippen LogP) is 4.55. The van der Waals surface area contributed by atoms with Gasteiger partial charge in [0.25, 0.3) is 5.91 Å². The van der Waals surface area contributed by atoms with Crippen LogP contribution >= 0.6 is 0 Å². The molecule has 0 fully saturated rings. The summed E-state index contributed by atoms with van der Waals surface area (Å²) < 4.78 is 11.2. The van der Waals surface area contributed by atoms with Gasteiger partial charge in [-0.15, -0.1) is 0 Å². The molecule has 0 saturated heterocycles. The number of carbonyl (C=O) groups excluding carboxylic acids is 2. The van der Waals surface area contributed by atoms with E-state index in [-0.39, 0.29) is 25.0 Å². The predicted molar refractivity (Wildman–Crippen MR) is 137 cm³/mol. The molecule has 0 aliphatic rings. The van der Waals surface area contributed by atoms with Gasteiger partial charge >= 0.3 is 0 Å². The number of para-hydroxylation sites is 1. The molecule has 0 bridgehead atoms. The second-order valence-electron chi connectivity index (χ2n) is 8.42. The van der Waals surface area contributed by atoms with Gasteiger partial charge in [0.05, 0.1) is 7.11 Å². The Kier molecular flexibility index (Phi) is 9.72. The molecule has 3 rings (SSSR count). The number of carbonyl (C=O) groups is 2. The van der Waals surface area contributed by atoms with Gasteiger partial charge in [-0.2, -0.15) is 0 Å².